The molecule has 29 heavy (non-hydrogen) atoms. The maximum absolute atomic E-state index is 12.6. The van der Waals surface area contributed by atoms with Gasteiger partial charge in [-0.2, -0.15) is 4.99 Å². The predicted octanol–water partition coefficient (Wildman–Crippen LogP) is 3.65. The quantitative estimate of drug-likeness (QED) is 0.744. The van der Waals surface area contributed by atoms with Crippen molar-refractivity contribution in [2.45, 2.75) is 37.5 Å². The van der Waals surface area contributed by atoms with Crippen LogP contribution in [0.4, 0.5) is 5.69 Å². The summed E-state index contributed by atoms with van der Waals surface area (Å²) in [4.78, 5) is 18.9. The van der Waals surface area contributed by atoms with Gasteiger partial charge in [0.1, 0.15) is 0 Å². The minimum Gasteiger partial charge on any atom is -0.316 e. The molecule has 2 aliphatic rings. The number of fused-ring (bicyclic) bond motifs is 1. The van der Waals surface area contributed by atoms with Gasteiger partial charge in [-0.05, 0) is 29.2 Å². The highest BCUT2D eigenvalue weighted by Gasteiger charge is 2.49. The zero-order valence-corrected chi connectivity index (χ0v) is 18.1. The molecular weight excluding hydrogens is 404 g/mol. The predicted molar refractivity (Wildman–Crippen MR) is 119 cm³/mol. The third kappa shape index (κ3) is 4.41. The molecule has 2 fully saturated rings. The number of hydrogen-bond acceptors (Lipinski definition) is 4. The van der Waals surface area contributed by atoms with Gasteiger partial charge in [0.25, 0.3) is 5.91 Å². The van der Waals surface area contributed by atoms with E-state index in [0.717, 1.165) is 11.3 Å². The van der Waals surface area contributed by atoms with Crippen LogP contribution in [0, 0.1) is 0 Å². The molecule has 0 spiro atoms. The number of rotatable bonds is 4. The summed E-state index contributed by atoms with van der Waals surface area (Å²) in [5.41, 5.74) is 3.02. The van der Waals surface area contributed by atoms with E-state index in [1.54, 1.807) is 0 Å². The number of thioether (sulfide) groups is 1. The zero-order chi connectivity index (χ0) is 20.6. The van der Waals surface area contributed by atoms with Gasteiger partial charge >= 0.3 is 0 Å². The summed E-state index contributed by atoms with van der Waals surface area (Å²) in [6.07, 6.45) is 0.235. The molecule has 2 aromatic rings. The van der Waals surface area contributed by atoms with Gasteiger partial charge in [0, 0.05) is 10.9 Å². The molecule has 0 saturated carbocycles. The van der Waals surface area contributed by atoms with Crippen LogP contribution in [0.15, 0.2) is 59.6 Å². The van der Waals surface area contributed by atoms with E-state index in [1.165, 1.54) is 17.3 Å². The highest BCUT2D eigenvalue weighted by molar-refractivity contribution is 8.16. The maximum Gasteiger partial charge on any atom is 0.252 e. The summed E-state index contributed by atoms with van der Waals surface area (Å²) in [5, 5.41) is 0.515. The Labute approximate surface area is 176 Å². The SMILES string of the molecule is CC(C)c1ccc(N2C(=NC(=O)Cc3ccccc3)S[C@H]3CS(=O)(=O)C[C@H]32)cc1. The number of anilines is 1. The molecule has 1 amide bonds. The molecule has 0 aromatic heterocycles. The molecular formula is C22H24N2O3S2. The van der Waals surface area contributed by atoms with Gasteiger partial charge in [0.05, 0.1) is 24.0 Å². The summed E-state index contributed by atoms with van der Waals surface area (Å²) < 4.78 is 24.4. The molecule has 2 heterocycles. The second kappa shape index (κ2) is 7.95. The van der Waals surface area contributed by atoms with Crippen molar-refractivity contribution in [2.24, 2.45) is 4.99 Å². The lowest BCUT2D eigenvalue weighted by atomic mass is 10.0. The van der Waals surface area contributed by atoms with E-state index in [1.807, 2.05) is 47.4 Å². The van der Waals surface area contributed by atoms with E-state index < -0.39 is 9.84 Å². The second-order valence-electron chi connectivity index (χ2n) is 7.87. The van der Waals surface area contributed by atoms with E-state index >= 15 is 0 Å². The number of carbonyl (C=O) groups excluding carboxylic acids is 1. The number of amides is 1. The maximum atomic E-state index is 12.6. The van der Waals surface area contributed by atoms with Crippen LogP contribution in [0.25, 0.3) is 0 Å². The Morgan fingerprint density at radius 1 is 1.10 bits per heavy atom. The average molecular weight is 429 g/mol. The third-order valence-electron chi connectivity index (χ3n) is 5.32. The van der Waals surface area contributed by atoms with Crippen LogP contribution < -0.4 is 4.90 Å². The lowest BCUT2D eigenvalue weighted by molar-refractivity contribution is -0.117. The van der Waals surface area contributed by atoms with Crippen molar-refractivity contribution in [3.8, 4) is 0 Å². The highest BCUT2D eigenvalue weighted by atomic mass is 32.2. The number of nitrogens with zero attached hydrogens (tertiary/aromatic N) is 2. The summed E-state index contributed by atoms with van der Waals surface area (Å²) in [7, 11) is -3.07. The molecule has 2 aromatic carbocycles. The minimum absolute atomic E-state index is 0.0898. The number of hydrogen-bond donors (Lipinski definition) is 0. The first kappa shape index (κ1) is 20.2. The Morgan fingerprint density at radius 2 is 1.79 bits per heavy atom. The first-order chi connectivity index (χ1) is 13.8. The van der Waals surface area contributed by atoms with E-state index in [0.29, 0.717) is 11.1 Å². The number of carbonyl (C=O) groups is 1. The molecule has 0 N–H and O–H groups in total. The molecule has 2 aliphatic heterocycles. The Balaban J connectivity index is 1.64. The normalized spacial score (nSPS) is 24.2. The fraction of sp³-hybridized carbons (Fsp3) is 0.364. The Kier molecular flexibility index (Phi) is 5.53. The van der Waals surface area contributed by atoms with Crippen LogP contribution in [0.2, 0.25) is 0 Å². The summed E-state index contributed by atoms with van der Waals surface area (Å²) in [6.45, 7) is 4.27. The van der Waals surface area contributed by atoms with Crippen molar-refractivity contribution in [3.63, 3.8) is 0 Å². The number of amidine groups is 1. The van der Waals surface area contributed by atoms with Crippen LogP contribution >= 0.6 is 11.8 Å². The highest BCUT2D eigenvalue weighted by Crippen LogP contribution is 2.41. The van der Waals surface area contributed by atoms with Crippen molar-refractivity contribution in [1.82, 2.24) is 0 Å². The van der Waals surface area contributed by atoms with Crippen LogP contribution in [0.5, 0.6) is 0 Å². The molecule has 2 saturated heterocycles. The molecule has 7 heteroatoms. The van der Waals surface area contributed by atoms with Gasteiger partial charge < -0.3 is 4.90 Å². The topological polar surface area (TPSA) is 66.8 Å². The fourth-order valence-corrected chi connectivity index (χ4v) is 7.73. The van der Waals surface area contributed by atoms with Gasteiger partial charge in [-0.15, -0.1) is 0 Å². The van der Waals surface area contributed by atoms with Crippen LogP contribution in [-0.4, -0.2) is 42.3 Å². The molecule has 0 unspecified atom stereocenters. The standard InChI is InChI=1S/C22H24N2O3S2/c1-15(2)17-8-10-18(11-9-17)24-19-13-29(26,27)14-20(19)28-22(24)23-21(25)12-16-6-4-3-5-7-16/h3-11,15,19-20H,12-14H2,1-2H3/t19-,20+/m1/s1. The number of sulfone groups is 1. The molecule has 152 valence electrons. The molecule has 5 nitrogen and oxygen atoms in total. The Morgan fingerprint density at radius 3 is 2.45 bits per heavy atom. The first-order valence-corrected chi connectivity index (χ1v) is 12.4. The molecule has 2 atom stereocenters. The number of aliphatic imine (C=N–C) groups is 1. The number of benzene rings is 2. The van der Waals surface area contributed by atoms with Crippen LogP contribution in [0.3, 0.4) is 0 Å². The van der Waals surface area contributed by atoms with E-state index in [9.17, 15) is 13.2 Å². The monoisotopic (exact) mass is 428 g/mol. The van der Waals surface area contributed by atoms with E-state index in [2.05, 4.69) is 31.0 Å². The van der Waals surface area contributed by atoms with E-state index in [-0.39, 0.29) is 35.1 Å². The summed E-state index contributed by atoms with van der Waals surface area (Å²) in [6, 6.07) is 17.5. The average Bonchev–Trinajstić information content (AvgIpc) is 3.13. The zero-order valence-electron chi connectivity index (χ0n) is 16.5. The van der Waals surface area contributed by atoms with E-state index in [4.69, 9.17) is 0 Å². The van der Waals surface area contributed by atoms with Crippen LogP contribution in [0.1, 0.15) is 30.9 Å². The van der Waals surface area contributed by atoms with Crippen molar-refractivity contribution in [2.75, 3.05) is 16.4 Å². The van der Waals surface area contributed by atoms with Gasteiger partial charge in [-0.1, -0.05) is 68.1 Å². The minimum atomic E-state index is -3.07. The fourth-order valence-electron chi connectivity index (χ4n) is 3.80. The van der Waals surface area contributed by atoms with Crippen molar-refractivity contribution in [1.29, 1.82) is 0 Å². The lowest BCUT2D eigenvalue weighted by Crippen LogP contribution is -2.37. The Hall–Kier alpha value is -2.12. The van der Waals surface area contributed by atoms with Gasteiger partial charge in [-0.3, -0.25) is 4.79 Å². The van der Waals surface area contributed by atoms with Gasteiger partial charge in [0.15, 0.2) is 15.0 Å². The molecule has 0 bridgehead atoms. The molecule has 4 rings (SSSR count). The van der Waals surface area contributed by atoms with Gasteiger partial charge in [0.2, 0.25) is 0 Å². The summed E-state index contributed by atoms with van der Waals surface area (Å²) in [5.74, 6) is 0.430. The Bertz CT molecular complexity index is 1030. The first-order valence-electron chi connectivity index (χ1n) is 9.74. The molecule has 0 radical (unpaired) electrons. The van der Waals surface area contributed by atoms with Gasteiger partial charge in [-0.25, -0.2) is 8.42 Å². The lowest BCUT2D eigenvalue weighted by Gasteiger charge is -2.25. The van der Waals surface area contributed by atoms with Crippen LogP contribution in [-0.2, 0) is 21.1 Å². The van der Waals surface area contributed by atoms with Crippen molar-refractivity contribution >= 4 is 38.4 Å². The second-order valence-corrected chi connectivity index (χ2v) is 11.2. The van der Waals surface area contributed by atoms with Crippen molar-refractivity contribution in [3.05, 3.63) is 65.7 Å². The van der Waals surface area contributed by atoms with Crippen molar-refractivity contribution < 1.29 is 13.2 Å². The molecule has 0 aliphatic carbocycles. The largest absolute Gasteiger partial charge is 0.316 e. The smallest absolute Gasteiger partial charge is 0.252 e. The third-order valence-corrected chi connectivity index (χ3v) is 8.53. The summed E-state index contributed by atoms with van der Waals surface area (Å²) >= 11 is 1.41.